The Hall–Kier alpha value is -2.35. The lowest BCUT2D eigenvalue weighted by Crippen LogP contribution is -2.27. The molecule has 2 heterocycles. The van der Waals surface area contributed by atoms with E-state index in [0.717, 1.165) is 36.3 Å². The standard InChI is InChI=1S/C18H20F3N3O2/c19-18(20,21)26-14-5-1-3-13(11-14)4-2-10-24-12-23-16-7-9-22-8-6-15(16)17(24)25/h1,3,5,11-12,22H,2,4,6-10H2. The fourth-order valence-corrected chi connectivity index (χ4v) is 3.09. The van der Waals surface area contributed by atoms with E-state index in [1.54, 1.807) is 17.0 Å². The highest BCUT2D eigenvalue weighted by atomic mass is 19.4. The second-order valence-corrected chi connectivity index (χ2v) is 6.22. The van der Waals surface area contributed by atoms with Crippen LogP contribution in [0, 0.1) is 0 Å². The van der Waals surface area contributed by atoms with Gasteiger partial charge in [-0.05, 0) is 43.5 Å². The zero-order valence-corrected chi connectivity index (χ0v) is 14.2. The summed E-state index contributed by atoms with van der Waals surface area (Å²) in [5.41, 5.74) is 2.32. The number of hydrogen-bond acceptors (Lipinski definition) is 4. The van der Waals surface area contributed by atoms with Gasteiger partial charge in [-0.25, -0.2) is 4.98 Å². The molecule has 1 aromatic heterocycles. The van der Waals surface area contributed by atoms with Gasteiger partial charge in [0.25, 0.3) is 5.56 Å². The molecule has 1 N–H and O–H groups in total. The van der Waals surface area contributed by atoms with Crippen molar-refractivity contribution in [3.63, 3.8) is 0 Å². The number of benzene rings is 1. The van der Waals surface area contributed by atoms with Crippen LogP contribution < -0.4 is 15.6 Å². The molecule has 0 unspecified atom stereocenters. The van der Waals surface area contributed by atoms with Gasteiger partial charge >= 0.3 is 6.36 Å². The molecule has 5 nitrogen and oxygen atoms in total. The summed E-state index contributed by atoms with van der Waals surface area (Å²) in [6, 6.07) is 5.91. The van der Waals surface area contributed by atoms with E-state index < -0.39 is 6.36 Å². The van der Waals surface area contributed by atoms with Gasteiger partial charge in [-0.2, -0.15) is 0 Å². The summed E-state index contributed by atoms with van der Waals surface area (Å²) >= 11 is 0. The highest BCUT2D eigenvalue weighted by molar-refractivity contribution is 5.28. The third-order valence-electron chi connectivity index (χ3n) is 4.31. The van der Waals surface area contributed by atoms with E-state index in [9.17, 15) is 18.0 Å². The van der Waals surface area contributed by atoms with Gasteiger partial charge < -0.3 is 10.1 Å². The Balaban J connectivity index is 1.63. The van der Waals surface area contributed by atoms with Crippen molar-refractivity contribution in [1.29, 1.82) is 0 Å². The van der Waals surface area contributed by atoms with E-state index in [1.807, 2.05) is 0 Å². The normalized spacial score (nSPS) is 14.6. The minimum absolute atomic E-state index is 0.0205. The average Bonchev–Trinajstić information content (AvgIpc) is 2.82. The lowest BCUT2D eigenvalue weighted by atomic mass is 10.1. The molecule has 0 atom stereocenters. The lowest BCUT2D eigenvalue weighted by Gasteiger charge is -2.11. The first-order valence-electron chi connectivity index (χ1n) is 8.55. The molecule has 0 spiro atoms. The average molecular weight is 367 g/mol. The molecule has 140 valence electrons. The van der Waals surface area contributed by atoms with E-state index in [1.165, 1.54) is 18.2 Å². The second-order valence-electron chi connectivity index (χ2n) is 6.22. The molecule has 0 radical (unpaired) electrons. The van der Waals surface area contributed by atoms with Gasteiger partial charge in [0.05, 0.1) is 12.0 Å². The van der Waals surface area contributed by atoms with Gasteiger partial charge in [-0.3, -0.25) is 9.36 Å². The van der Waals surface area contributed by atoms with Crippen LogP contribution in [-0.2, 0) is 25.8 Å². The van der Waals surface area contributed by atoms with Crippen molar-refractivity contribution in [2.75, 3.05) is 13.1 Å². The Morgan fingerprint density at radius 3 is 2.85 bits per heavy atom. The molecule has 2 aromatic rings. The van der Waals surface area contributed by atoms with Gasteiger partial charge in [-0.1, -0.05) is 12.1 Å². The molecule has 0 fully saturated rings. The van der Waals surface area contributed by atoms with Gasteiger partial charge in [0.15, 0.2) is 0 Å². The van der Waals surface area contributed by atoms with Crippen molar-refractivity contribution in [3.05, 3.63) is 57.8 Å². The highest BCUT2D eigenvalue weighted by Gasteiger charge is 2.31. The third kappa shape index (κ3) is 4.85. The molecule has 0 bridgehead atoms. The van der Waals surface area contributed by atoms with Crippen LogP contribution in [-0.4, -0.2) is 29.0 Å². The van der Waals surface area contributed by atoms with Crippen LogP contribution in [0.15, 0.2) is 35.4 Å². The zero-order chi connectivity index (χ0) is 18.6. The van der Waals surface area contributed by atoms with E-state index in [2.05, 4.69) is 15.0 Å². The Morgan fingerprint density at radius 2 is 2.04 bits per heavy atom. The minimum Gasteiger partial charge on any atom is -0.406 e. The second kappa shape index (κ2) is 7.90. The van der Waals surface area contributed by atoms with E-state index in [4.69, 9.17) is 0 Å². The van der Waals surface area contributed by atoms with Gasteiger partial charge in [-0.15, -0.1) is 13.2 Å². The summed E-state index contributed by atoms with van der Waals surface area (Å²) in [4.78, 5) is 17.0. The summed E-state index contributed by atoms with van der Waals surface area (Å²) in [6.45, 7) is 2.05. The Kier molecular flexibility index (Phi) is 5.61. The molecular formula is C18H20F3N3O2. The Bertz CT molecular complexity index is 818. The maximum atomic E-state index is 12.6. The molecule has 1 aliphatic rings. The van der Waals surface area contributed by atoms with Crippen LogP contribution in [0.5, 0.6) is 5.75 Å². The molecule has 0 saturated carbocycles. The predicted octanol–water partition coefficient (Wildman–Crippen LogP) is 2.46. The smallest absolute Gasteiger partial charge is 0.406 e. The quantitative estimate of drug-likeness (QED) is 0.882. The summed E-state index contributed by atoms with van der Waals surface area (Å²) in [7, 11) is 0. The van der Waals surface area contributed by atoms with Crippen molar-refractivity contribution in [1.82, 2.24) is 14.9 Å². The van der Waals surface area contributed by atoms with Crippen LogP contribution in [0.4, 0.5) is 13.2 Å². The van der Waals surface area contributed by atoms with Gasteiger partial charge in [0, 0.05) is 25.1 Å². The fourth-order valence-electron chi connectivity index (χ4n) is 3.09. The van der Waals surface area contributed by atoms with Crippen molar-refractivity contribution < 1.29 is 17.9 Å². The van der Waals surface area contributed by atoms with E-state index >= 15 is 0 Å². The predicted molar refractivity (Wildman–Crippen MR) is 90.2 cm³/mol. The maximum Gasteiger partial charge on any atom is 0.573 e. The zero-order valence-electron chi connectivity index (χ0n) is 14.2. The Labute approximate surface area is 148 Å². The molecule has 1 aliphatic heterocycles. The minimum atomic E-state index is -4.70. The van der Waals surface area contributed by atoms with Crippen LogP contribution in [0.25, 0.3) is 0 Å². The molecule has 8 heteroatoms. The van der Waals surface area contributed by atoms with E-state index in [-0.39, 0.29) is 11.3 Å². The molecule has 3 rings (SSSR count). The van der Waals surface area contributed by atoms with Gasteiger partial charge in [0.1, 0.15) is 5.75 Å². The number of aromatic nitrogens is 2. The first kappa shape index (κ1) is 18.4. The van der Waals surface area contributed by atoms with Crippen LogP contribution in [0.2, 0.25) is 0 Å². The molecule has 26 heavy (non-hydrogen) atoms. The number of alkyl halides is 3. The summed E-state index contributed by atoms with van der Waals surface area (Å²) in [5, 5.41) is 3.25. The topological polar surface area (TPSA) is 56.2 Å². The molecule has 0 saturated heterocycles. The molecule has 0 aliphatic carbocycles. The lowest BCUT2D eigenvalue weighted by molar-refractivity contribution is -0.274. The van der Waals surface area contributed by atoms with Crippen LogP contribution >= 0.6 is 0 Å². The summed E-state index contributed by atoms with van der Waals surface area (Å²) in [5.74, 6) is -0.230. The number of nitrogens with one attached hydrogen (secondary N) is 1. The highest BCUT2D eigenvalue weighted by Crippen LogP contribution is 2.23. The third-order valence-corrected chi connectivity index (χ3v) is 4.31. The largest absolute Gasteiger partial charge is 0.573 e. The first-order valence-corrected chi connectivity index (χ1v) is 8.55. The van der Waals surface area contributed by atoms with Gasteiger partial charge in [0.2, 0.25) is 0 Å². The first-order chi connectivity index (χ1) is 12.4. The number of aryl methyl sites for hydroxylation is 2. The van der Waals surface area contributed by atoms with Crippen LogP contribution in [0.3, 0.4) is 0 Å². The number of fused-ring (bicyclic) bond motifs is 1. The maximum absolute atomic E-state index is 12.6. The number of halogens is 3. The number of nitrogens with zero attached hydrogens (tertiary/aromatic N) is 2. The Morgan fingerprint density at radius 1 is 1.23 bits per heavy atom. The number of rotatable bonds is 5. The summed E-state index contributed by atoms with van der Waals surface area (Å²) < 4.78 is 42.4. The fraction of sp³-hybridized carbons (Fsp3) is 0.444. The van der Waals surface area contributed by atoms with Crippen molar-refractivity contribution in [3.8, 4) is 5.75 Å². The summed E-state index contributed by atoms with van der Waals surface area (Å²) in [6.07, 6.45) is -0.561. The van der Waals surface area contributed by atoms with Crippen molar-refractivity contribution in [2.24, 2.45) is 0 Å². The SMILES string of the molecule is O=c1c2c(ncn1CCCc1cccc(OC(F)(F)F)c1)CCNCC2. The molecule has 1 aromatic carbocycles. The van der Waals surface area contributed by atoms with Crippen molar-refractivity contribution >= 4 is 0 Å². The number of ether oxygens (including phenoxy) is 1. The number of hydrogen-bond donors (Lipinski definition) is 1. The molecular weight excluding hydrogens is 347 g/mol. The van der Waals surface area contributed by atoms with Crippen LogP contribution in [0.1, 0.15) is 23.2 Å². The monoisotopic (exact) mass is 367 g/mol. The van der Waals surface area contributed by atoms with E-state index in [0.29, 0.717) is 25.8 Å². The van der Waals surface area contributed by atoms with Crippen molar-refractivity contribution in [2.45, 2.75) is 38.6 Å². The molecule has 0 amide bonds.